The standard InChI is InChI=1S/C26H28N2O4/c1-31-23-9-5-3-7-19(23)15-17-27-25(29)21-11-13-22(14-12-21)26(30)28-18-16-20-8-4-6-10-24(20)32-2/h3-14H,15-18H2,1-2H3,(H,27,29)(H,28,30). The van der Waals surface area contributed by atoms with E-state index in [1.54, 1.807) is 38.5 Å². The molecule has 6 heteroatoms. The Balaban J connectivity index is 1.47. The quantitative estimate of drug-likeness (QED) is 0.513. The second-order valence-electron chi connectivity index (χ2n) is 7.21. The van der Waals surface area contributed by atoms with E-state index in [1.165, 1.54) is 0 Å². The maximum atomic E-state index is 12.4. The van der Waals surface area contributed by atoms with Crippen LogP contribution in [0, 0.1) is 0 Å². The Morgan fingerprint density at radius 3 is 1.38 bits per heavy atom. The van der Waals surface area contributed by atoms with Crippen molar-refractivity contribution >= 4 is 11.8 Å². The van der Waals surface area contributed by atoms with E-state index in [0.717, 1.165) is 22.6 Å². The molecular weight excluding hydrogens is 404 g/mol. The number of amides is 2. The van der Waals surface area contributed by atoms with Crippen LogP contribution in [0.4, 0.5) is 0 Å². The van der Waals surface area contributed by atoms with Crippen molar-refractivity contribution < 1.29 is 19.1 Å². The van der Waals surface area contributed by atoms with E-state index in [0.29, 0.717) is 37.1 Å². The fourth-order valence-corrected chi connectivity index (χ4v) is 3.42. The van der Waals surface area contributed by atoms with E-state index in [1.807, 2.05) is 48.5 Å². The van der Waals surface area contributed by atoms with Crippen LogP contribution in [-0.2, 0) is 12.8 Å². The molecule has 0 heterocycles. The SMILES string of the molecule is COc1ccccc1CCNC(=O)c1ccc(C(=O)NCCc2ccccc2OC)cc1. The number of ether oxygens (including phenoxy) is 2. The summed E-state index contributed by atoms with van der Waals surface area (Å²) in [6, 6.07) is 22.1. The molecule has 0 radical (unpaired) electrons. The summed E-state index contributed by atoms with van der Waals surface area (Å²) in [7, 11) is 3.27. The van der Waals surface area contributed by atoms with Gasteiger partial charge in [-0.2, -0.15) is 0 Å². The van der Waals surface area contributed by atoms with Crippen molar-refractivity contribution in [1.29, 1.82) is 0 Å². The summed E-state index contributed by atoms with van der Waals surface area (Å²) in [5.41, 5.74) is 3.09. The fraction of sp³-hybridized carbons (Fsp3) is 0.231. The van der Waals surface area contributed by atoms with Crippen LogP contribution in [0.2, 0.25) is 0 Å². The molecule has 6 nitrogen and oxygen atoms in total. The van der Waals surface area contributed by atoms with Gasteiger partial charge in [0, 0.05) is 24.2 Å². The van der Waals surface area contributed by atoms with Crippen LogP contribution in [0.3, 0.4) is 0 Å². The molecular formula is C26H28N2O4. The van der Waals surface area contributed by atoms with Crippen molar-refractivity contribution in [3.05, 3.63) is 95.1 Å². The van der Waals surface area contributed by atoms with Gasteiger partial charge in [0.25, 0.3) is 11.8 Å². The molecule has 0 aliphatic carbocycles. The van der Waals surface area contributed by atoms with Gasteiger partial charge in [0.15, 0.2) is 0 Å². The Morgan fingerprint density at radius 2 is 1.00 bits per heavy atom. The molecule has 166 valence electrons. The number of nitrogens with one attached hydrogen (secondary N) is 2. The first-order valence-corrected chi connectivity index (χ1v) is 10.5. The van der Waals surface area contributed by atoms with E-state index < -0.39 is 0 Å². The van der Waals surface area contributed by atoms with Crippen LogP contribution in [0.25, 0.3) is 0 Å². The zero-order chi connectivity index (χ0) is 22.8. The molecule has 2 N–H and O–H groups in total. The molecule has 0 aliphatic rings. The molecule has 0 bridgehead atoms. The van der Waals surface area contributed by atoms with Gasteiger partial charge < -0.3 is 20.1 Å². The number of para-hydroxylation sites is 2. The molecule has 3 aromatic rings. The average molecular weight is 433 g/mol. The zero-order valence-corrected chi connectivity index (χ0v) is 18.4. The summed E-state index contributed by atoms with van der Waals surface area (Å²) < 4.78 is 10.7. The summed E-state index contributed by atoms with van der Waals surface area (Å²) in [5, 5.41) is 5.81. The lowest BCUT2D eigenvalue weighted by atomic mass is 10.1. The predicted molar refractivity (Wildman–Crippen MR) is 125 cm³/mol. The van der Waals surface area contributed by atoms with Gasteiger partial charge in [0.1, 0.15) is 11.5 Å². The molecule has 0 aliphatic heterocycles. The Hall–Kier alpha value is -3.80. The lowest BCUT2D eigenvalue weighted by molar-refractivity contribution is 0.0942. The minimum absolute atomic E-state index is 0.178. The molecule has 3 aromatic carbocycles. The van der Waals surface area contributed by atoms with Crippen molar-refractivity contribution in [3.8, 4) is 11.5 Å². The molecule has 0 fully saturated rings. The highest BCUT2D eigenvalue weighted by atomic mass is 16.5. The number of benzene rings is 3. The summed E-state index contributed by atoms with van der Waals surface area (Å²) in [6.45, 7) is 0.981. The van der Waals surface area contributed by atoms with Crippen molar-refractivity contribution in [2.24, 2.45) is 0 Å². The molecule has 2 amide bonds. The number of hydrogen-bond acceptors (Lipinski definition) is 4. The van der Waals surface area contributed by atoms with Gasteiger partial charge in [-0.1, -0.05) is 36.4 Å². The largest absolute Gasteiger partial charge is 0.496 e. The number of rotatable bonds is 10. The topological polar surface area (TPSA) is 76.7 Å². The highest BCUT2D eigenvalue weighted by Crippen LogP contribution is 2.18. The predicted octanol–water partition coefficient (Wildman–Crippen LogP) is 3.65. The molecule has 0 saturated carbocycles. The smallest absolute Gasteiger partial charge is 0.251 e. The van der Waals surface area contributed by atoms with Gasteiger partial charge >= 0.3 is 0 Å². The average Bonchev–Trinajstić information content (AvgIpc) is 2.84. The zero-order valence-electron chi connectivity index (χ0n) is 18.4. The Labute approximate surface area is 188 Å². The summed E-state index contributed by atoms with van der Waals surface area (Å²) in [5.74, 6) is 1.26. The molecule has 0 unspecified atom stereocenters. The van der Waals surface area contributed by atoms with Gasteiger partial charge in [0.2, 0.25) is 0 Å². The van der Waals surface area contributed by atoms with Crippen molar-refractivity contribution in [3.63, 3.8) is 0 Å². The Bertz CT molecular complexity index is 963. The van der Waals surface area contributed by atoms with Crippen LogP contribution in [-0.4, -0.2) is 39.1 Å². The van der Waals surface area contributed by atoms with E-state index in [2.05, 4.69) is 10.6 Å². The first kappa shape index (κ1) is 22.9. The van der Waals surface area contributed by atoms with Gasteiger partial charge in [-0.3, -0.25) is 9.59 Å². The first-order valence-electron chi connectivity index (χ1n) is 10.5. The van der Waals surface area contributed by atoms with E-state index in [4.69, 9.17) is 9.47 Å². The number of carbonyl (C=O) groups is 2. The van der Waals surface area contributed by atoms with Gasteiger partial charge in [0.05, 0.1) is 14.2 Å². The van der Waals surface area contributed by atoms with Crippen LogP contribution in [0.5, 0.6) is 11.5 Å². The van der Waals surface area contributed by atoms with Crippen molar-refractivity contribution in [2.45, 2.75) is 12.8 Å². The monoisotopic (exact) mass is 432 g/mol. The molecule has 0 saturated heterocycles. The van der Waals surface area contributed by atoms with Crippen LogP contribution < -0.4 is 20.1 Å². The van der Waals surface area contributed by atoms with Crippen LogP contribution >= 0.6 is 0 Å². The third kappa shape index (κ3) is 6.11. The van der Waals surface area contributed by atoms with Crippen molar-refractivity contribution in [1.82, 2.24) is 10.6 Å². The molecule has 0 atom stereocenters. The van der Waals surface area contributed by atoms with Gasteiger partial charge in [-0.15, -0.1) is 0 Å². The Kier molecular flexibility index (Phi) is 8.26. The molecule has 3 rings (SSSR count). The lowest BCUT2D eigenvalue weighted by Crippen LogP contribution is -2.27. The summed E-state index contributed by atoms with van der Waals surface area (Å²) in [6.07, 6.45) is 1.34. The number of carbonyl (C=O) groups excluding carboxylic acids is 2. The maximum absolute atomic E-state index is 12.4. The summed E-state index contributed by atoms with van der Waals surface area (Å²) >= 11 is 0. The molecule has 32 heavy (non-hydrogen) atoms. The molecule has 0 aromatic heterocycles. The molecule has 0 spiro atoms. The normalized spacial score (nSPS) is 10.3. The second-order valence-corrected chi connectivity index (χ2v) is 7.21. The first-order chi connectivity index (χ1) is 15.6. The second kappa shape index (κ2) is 11.6. The van der Waals surface area contributed by atoms with Crippen LogP contribution in [0.15, 0.2) is 72.8 Å². The minimum atomic E-state index is -0.178. The lowest BCUT2D eigenvalue weighted by Gasteiger charge is -2.10. The van der Waals surface area contributed by atoms with Crippen LogP contribution in [0.1, 0.15) is 31.8 Å². The Morgan fingerprint density at radius 1 is 0.625 bits per heavy atom. The fourth-order valence-electron chi connectivity index (χ4n) is 3.42. The third-order valence-corrected chi connectivity index (χ3v) is 5.15. The number of hydrogen-bond donors (Lipinski definition) is 2. The minimum Gasteiger partial charge on any atom is -0.496 e. The highest BCUT2D eigenvalue weighted by Gasteiger charge is 2.10. The van der Waals surface area contributed by atoms with E-state index in [9.17, 15) is 9.59 Å². The van der Waals surface area contributed by atoms with Gasteiger partial charge in [-0.25, -0.2) is 0 Å². The maximum Gasteiger partial charge on any atom is 0.251 e. The van der Waals surface area contributed by atoms with E-state index >= 15 is 0 Å². The summed E-state index contributed by atoms with van der Waals surface area (Å²) in [4.78, 5) is 24.8. The van der Waals surface area contributed by atoms with Crippen molar-refractivity contribution in [2.75, 3.05) is 27.3 Å². The number of methoxy groups -OCH3 is 2. The highest BCUT2D eigenvalue weighted by molar-refractivity contribution is 5.97. The van der Waals surface area contributed by atoms with Gasteiger partial charge in [-0.05, 0) is 60.4 Å². The third-order valence-electron chi connectivity index (χ3n) is 5.15. The van der Waals surface area contributed by atoms with E-state index in [-0.39, 0.29) is 11.8 Å².